The topological polar surface area (TPSA) is 77.7 Å². The molecule has 3 heterocycles. The highest BCUT2D eigenvalue weighted by molar-refractivity contribution is 6.31. The number of piperidine rings is 1. The van der Waals surface area contributed by atoms with E-state index < -0.39 is 0 Å². The summed E-state index contributed by atoms with van der Waals surface area (Å²) >= 11 is 6.28. The highest BCUT2D eigenvalue weighted by atomic mass is 35.5. The number of likely N-dealkylation sites (tertiary alicyclic amines) is 1. The highest BCUT2D eigenvalue weighted by Gasteiger charge is 2.42. The summed E-state index contributed by atoms with van der Waals surface area (Å²) in [5, 5.41) is 5.01. The maximum absolute atomic E-state index is 13.1. The van der Waals surface area contributed by atoms with E-state index in [1.807, 2.05) is 29.2 Å². The molecule has 8 heteroatoms. The molecule has 0 radical (unpaired) electrons. The molecule has 0 N–H and O–H groups in total. The van der Waals surface area contributed by atoms with Crippen LogP contribution in [0.2, 0.25) is 5.02 Å². The first kappa shape index (κ1) is 22.2. The first-order valence-electron chi connectivity index (χ1n) is 11.0. The van der Waals surface area contributed by atoms with Crippen LogP contribution in [0.4, 0.5) is 0 Å². The molecular weight excluding hydrogens is 418 g/mol. The Morgan fingerprint density at radius 2 is 2.13 bits per heavy atom. The van der Waals surface area contributed by atoms with Crippen LogP contribution in [0.3, 0.4) is 0 Å². The lowest BCUT2D eigenvalue weighted by atomic mass is 9.76. The molecular formula is C23H30ClN3O4. The van der Waals surface area contributed by atoms with E-state index >= 15 is 0 Å². The van der Waals surface area contributed by atoms with E-state index in [1.165, 1.54) is 0 Å². The summed E-state index contributed by atoms with van der Waals surface area (Å²) in [6.45, 7) is 3.31. The molecule has 2 aromatic rings. The van der Waals surface area contributed by atoms with Crippen LogP contribution in [-0.2, 0) is 26.1 Å². The van der Waals surface area contributed by atoms with Crippen LogP contribution in [0.15, 0.2) is 28.8 Å². The number of nitrogens with zero attached hydrogens (tertiary/aromatic N) is 3. The summed E-state index contributed by atoms with van der Waals surface area (Å²) in [4.78, 5) is 19.9. The Bertz CT molecular complexity index is 883. The fraction of sp³-hybridized carbons (Fsp3) is 0.609. The van der Waals surface area contributed by atoms with Crippen molar-refractivity contribution >= 4 is 17.5 Å². The number of halogens is 1. The van der Waals surface area contributed by atoms with Crippen LogP contribution in [-0.4, -0.2) is 61.0 Å². The van der Waals surface area contributed by atoms with Crippen molar-refractivity contribution in [1.29, 1.82) is 0 Å². The third-order valence-corrected chi connectivity index (χ3v) is 6.87. The first-order chi connectivity index (χ1) is 15.1. The zero-order chi connectivity index (χ0) is 21.7. The van der Waals surface area contributed by atoms with Gasteiger partial charge in [0.05, 0.1) is 11.8 Å². The molecule has 2 fully saturated rings. The smallest absolute Gasteiger partial charge is 0.229 e. The summed E-state index contributed by atoms with van der Waals surface area (Å²) in [5.74, 6) is 1.70. The van der Waals surface area contributed by atoms with Gasteiger partial charge >= 0.3 is 0 Å². The zero-order valence-corrected chi connectivity index (χ0v) is 18.8. The molecule has 4 rings (SSSR count). The van der Waals surface area contributed by atoms with Gasteiger partial charge in [0.1, 0.15) is 0 Å². The van der Waals surface area contributed by atoms with Gasteiger partial charge in [0.25, 0.3) is 0 Å². The molecule has 0 spiro atoms. The van der Waals surface area contributed by atoms with Crippen molar-refractivity contribution in [2.75, 3.05) is 40.0 Å². The van der Waals surface area contributed by atoms with Gasteiger partial charge in [-0.2, -0.15) is 4.98 Å². The number of carbonyl (C=O) groups excluding carboxylic acids is 1. The molecule has 0 bridgehead atoms. The van der Waals surface area contributed by atoms with Gasteiger partial charge in [0.15, 0.2) is 5.82 Å². The molecule has 2 saturated heterocycles. The van der Waals surface area contributed by atoms with E-state index in [4.69, 9.17) is 30.6 Å². The predicted molar refractivity (Wildman–Crippen MR) is 116 cm³/mol. The summed E-state index contributed by atoms with van der Waals surface area (Å²) < 4.78 is 16.5. The van der Waals surface area contributed by atoms with Crippen molar-refractivity contribution in [3.8, 4) is 0 Å². The average molecular weight is 448 g/mol. The Morgan fingerprint density at radius 3 is 2.90 bits per heavy atom. The number of methoxy groups -OCH3 is 1. The molecule has 2 aliphatic rings. The van der Waals surface area contributed by atoms with Crippen molar-refractivity contribution in [2.24, 2.45) is 0 Å². The van der Waals surface area contributed by atoms with Crippen molar-refractivity contribution < 1.29 is 18.8 Å². The van der Waals surface area contributed by atoms with Crippen LogP contribution < -0.4 is 0 Å². The maximum Gasteiger partial charge on any atom is 0.229 e. The minimum atomic E-state index is -0.364. The quantitative estimate of drug-likeness (QED) is 0.643. The fourth-order valence-electron chi connectivity index (χ4n) is 4.62. The molecule has 0 saturated carbocycles. The second kappa shape index (κ2) is 10.1. The van der Waals surface area contributed by atoms with Crippen LogP contribution in [0.25, 0.3) is 0 Å². The Morgan fingerprint density at radius 1 is 1.32 bits per heavy atom. The van der Waals surface area contributed by atoms with Gasteiger partial charge in [-0.05, 0) is 43.7 Å². The Labute approximate surface area is 188 Å². The van der Waals surface area contributed by atoms with Crippen molar-refractivity contribution in [3.05, 3.63) is 46.6 Å². The zero-order valence-electron chi connectivity index (χ0n) is 18.0. The summed E-state index contributed by atoms with van der Waals surface area (Å²) in [7, 11) is 1.69. The molecule has 1 aromatic heterocycles. The number of ether oxygens (including phenoxy) is 2. The van der Waals surface area contributed by atoms with Crippen LogP contribution in [0.5, 0.6) is 0 Å². The maximum atomic E-state index is 13.1. The number of rotatable bonds is 7. The fourth-order valence-corrected chi connectivity index (χ4v) is 4.82. The molecule has 2 aliphatic heterocycles. The molecule has 1 atom stereocenters. The minimum absolute atomic E-state index is 0.0720. The van der Waals surface area contributed by atoms with E-state index in [-0.39, 0.29) is 17.2 Å². The Kier molecular flexibility index (Phi) is 7.25. The molecule has 31 heavy (non-hydrogen) atoms. The number of carbonyl (C=O) groups is 1. The SMILES string of the molecule is COCCC1(c2noc(C3CCOCC3)n2)CCCN(C(=O)Cc2ccccc2Cl)C1. The van der Waals surface area contributed by atoms with E-state index in [0.29, 0.717) is 36.3 Å². The average Bonchev–Trinajstić information content (AvgIpc) is 3.31. The van der Waals surface area contributed by atoms with Gasteiger partial charge in [-0.25, -0.2) is 0 Å². The second-order valence-corrected chi connectivity index (χ2v) is 8.96. The van der Waals surface area contributed by atoms with Crippen LogP contribution >= 0.6 is 11.6 Å². The molecule has 7 nitrogen and oxygen atoms in total. The van der Waals surface area contributed by atoms with Crippen LogP contribution in [0.1, 0.15) is 55.3 Å². The third kappa shape index (κ3) is 5.10. The van der Waals surface area contributed by atoms with Crippen molar-refractivity contribution in [2.45, 2.75) is 49.9 Å². The molecule has 168 valence electrons. The first-order valence-corrected chi connectivity index (χ1v) is 11.4. The number of benzene rings is 1. The predicted octanol–water partition coefficient (Wildman–Crippen LogP) is 3.76. The molecule has 1 aromatic carbocycles. The van der Waals surface area contributed by atoms with Gasteiger partial charge in [-0.3, -0.25) is 4.79 Å². The number of hydrogen-bond donors (Lipinski definition) is 0. The largest absolute Gasteiger partial charge is 0.385 e. The van der Waals surface area contributed by atoms with E-state index in [1.54, 1.807) is 7.11 Å². The lowest BCUT2D eigenvalue weighted by Gasteiger charge is -2.41. The number of amides is 1. The van der Waals surface area contributed by atoms with E-state index in [9.17, 15) is 4.79 Å². The number of aromatic nitrogens is 2. The van der Waals surface area contributed by atoms with Gasteiger partial charge in [-0.1, -0.05) is 35.0 Å². The Hall–Kier alpha value is -1.96. The standard InChI is InChI=1S/C23H30ClN3O4/c1-29-14-10-23(22-25-21(31-26-22)17-7-12-30-13-8-17)9-4-11-27(16-23)20(28)15-18-5-2-3-6-19(18)24/h2-3,5-6,17H,4,7-16H2,1H3. The molecule has 0 aliphatic carbocycles. The lowest BCUT2D eigenvalue weighted by Crippen LogP contribution is -2.50. The van der Waals surface area contributed by atoms with E-state index in [2.05, 4.69) is 5.16 Å². The van der Waals surface area contributed by atoms with Crippen molar-refractivity contribution in [3.63, 3.8) is 0 Å². The summed E-state index contributed by atoms with van der Waals surface area (Å²) in [5.41, 5.74) is 0.487. The summed E-state index contributed by atoms with van der Waals surface area (Å²) in [6, 6.07) is 7.51. The Balaban J connectivity index is 1.53. The normalized spacial score (nSPS) is 22.6. The highest BCUT2D eigenvalue weighted by Crippen LogP contribution is 2.37. The third-order valence-electron chi connectivity index (χ3n) is 6.50. The van der Waals surface area contributed by atoms with Crippen molar-refractivity contribution in [1.82, 2.24) is 15.0 Å². The number of hydrogen-bond acceptors (Lipinski definition) is 6. The second-order valence-electron chi connectivity index (χ2n) is 8.55. The molecule has 1 amide bonds. The lowest BCUT2D eigenvalue weighted by molar-refractivity contribution is -0.133. The van der Waals surface area contributed by atoms with Gasteiger partial charge in [0, 0.05) is 51.0 Å². The minimum Gasteiger partial charge on any atom is -0.385 e. The molecule has 1 unspecified atom stereocenters. The van der Waals surface area contributed by atoms with E-state index in [0.717, 1.165) is 57.4 Å². The van der Waals surface area contributed by atoms with Gasteiger partial charge in [-0.15, -0.1) is 0 Å². The van der Waals surface area contributed by atoms with Gasteiger partial charge < -0.3 is 18.9 Å². The van der Waals surface area contributed by atoms with Crippen LogP contribution in [0, 0.1) is 0 Å². The monoisotopic (exact) mass is 447 g/mol. The van der Waals surface area contributed by atoms with Gasteiger partial charge in [0.2, 0.25) is 11.8 Å². The summed E-state index contributed by atoms with van der Waals surface area (Å²) in [6.07, 6.45) is 4.62.